The molecule has 0 aromatic heterocycles. The molecule has 9 heteroatoms. The summed E-state index contributed by atoms with van der Waals surface area (Å²) in [6.45, 7) is 0. The van der Waals surface area contributed by atoms with E-state index in [1.807, 2.05) is 0 Å². The largest absolute Gasteiger partial charge is 0.499 e. The van der Waals surface area contributed by atoms with Gasteiger partial charge in [-0.1, -0.05) is 23.2 Å². The molecule has 1 aromatic carbocycles. The summed E-state index contributed by atoms with van der Waals surface area (Å²) < 4.78 is 76.4. The second kappa shape index (κ2) is 4.45. The van der Waals surface area contributed by atoms with E-state index in [1.54, 1.807) is 0 Å². The van der Waals surface area contributed by atoms with Crippen LogP contribution in [0.4, 0.5) is 26.3 Å². The number of rotatable bonds is 2. The molecule has 0 saturated carbocycles. The minimum Gasteiger partial charge on any atom is -0.423 e. The number of halogens is 8. The molecule has 0 aliphatic rings. The highest BCUT2D eigenvalue weighted by atomic mass is 35.5. The summed E-state index contributed by atoms with van der Waals surface area (Å²) in [7, 11) is 0. The van der Waals surface area contributed by atoms with Gasteiger partial charge in [0.05, 0.1) is 10.0 Å². The zero-order chi connectivity index (χ0) is 13.4. The number of benzene rings is 1. The molecule has 0 atom stereocenters. The lowest BCUT2D eigenvalue weighted by atomic mass is 10.3. The molecule has 1 rings (SSSR count). The molecule has 0 fully saturated rings. The van der Waals surface area contributed by atoms with Crippen molar-refractivity contribution >= 4 is 23.2 Å². The van der Waals surface area contributed by atoms with Gasteiger partial charge in [-0.2, -0.15) is 22.0 Å². The summed E-state index contributed by atoms with van der Waals surface area (Å²) >= 11 is 10.6. The van der Waals surface area contributed by atoms with Gasteiger partial charge in [-0.25, -0.2) is 4.39 Å². The van der Waals surface area contributed by atoms with E-state index in [0.29, 0.717) is 12.1 Å². The summed E-state index contributed by atoms with van der Waals surface area (Å²) in [6.07, 6.45) is -11.5. The van der Waals surface area contributed by atoms with Crippen molar-refractivity contribution in [3.8, 4) is 5.75 Å². The van der Waals surface area contributed by atoms with Crippen LogP contribution in [0.1, 0.15) is 0 Å². The van der Waals surface area contributed by atoms with E-state index in [1.165, 1.54) is 0 Å². The fraction of sp³-hybridized carbons (Fsp3) is 0.250. The molecule has 0 aliphatic heterocycles. The summed E-state index contributed by atoms with van der Waals surface area (Å²) in [5.41, 5.74) is 0. The number of hydrogen-bond donors (Lipinski definition) is 0. The van der Waals surface area contributed by atoms with Crippen LogP contribution in [0.5, 0.6) is 5.75 Å². The van der Waals surface area contributed by atoms with Crippen LogP contribution in [0.15, 0.2) is 12.1 Å². The van der Waals surface area contributed by atoms with Crippen LogP contribution in [0.3, 0.4) is 0 Å². The van der Waals surface area contributed by atoms with Gasteiger partial charge >= 0.3 is 12.3 Å². The van der Waals surface area contributed by atoms with Crippen molar-refractivity contribution in [1.29, 1.82) is 0 Å². The molecule has 1 nitrogen and oxygen atoms in total. The third kappa shape index (κ3) is 3.10. The predicted molar refractivity (Wildman–Crippen MR) is 48.0 cm³/mol. The first-order valence-corrected chi connectivity index (χ1v) is 4.58. The molecule has 0 bridgehead atoms. The number of alkyl halides is 5. The molecule has 0 radical (unpaired) electrons. The first kappa shape index (κ1) is 14.2. The Morgan fingerprint density at radius 2 is 1.41 bits per heavy atom. The molecule has 17 heavy (non-hydrogen) atoms. The third-order valence-corrected chi connectivity index (χ3v) is 2.27. The highest BCUT2D eigenvalue weighted by Gasteiger charge is 2.61. The maximum atomic E-state index is 13.0. The van der Waals surface area contributed by atoms with Gasteiger partial charge in [0.25, 0.3) is 0 Å². The summed E-state index contributed by atoms with van der Waals surface area (Å²) in [5, 5.41) is -0.757. The smallest absolute Gasteiger partial charge is 0.423 e. The zero-order valence-corrected chi connectivity index (χ0v) is 9.10. The Labute approximate surface area is 101 Å². The minimum absolute atomic E-state index is 0.341. The first-order valence-electron chi connectivity index (χ1n) is 3.82. The Morgan fingerprint density at radius 3 is 1.88 bits per heavy atom. The van der Waals surface area contributed by atoms with Crippen molar-refractivity contribution in [2.45, 2.75) is 12.3 Å². The lowest BCUT2D eigenvalue weighted by Gasteiger charge is -2.20. The molecule has 0 amide bonds. The molecule has 0 spiro atoms. The Balaban J connectivity index is 3.08. The Morgan fingerprint density at radius 1 is 0.941 bits per heavy atom. The summed E-state index contributed by atoms with van der Waals surface area (Å²) in [6, 6.07) is 0.893. The number of hydrogen-bond acceptors (Lipinski definition) is 1. The Kier molecular flexibility index (Phi) is 3.73. The fourth-order valence-electron chi connectivity index (χ4n) is 0.778. The van der Waals surface area contributed by atoms with Gasteiger partial charge < -0.3 is 4.74 Å². The SMILES string of the molecule is Fc1cc(Cl)c(Cl)cc1OC(F)(F)C(F)(F)F. The van der Waals surface area contributed by atoms with Crippen LogP contribution in [-0.2, 0) is 0 Å². The molecule has 0 N–H and O–H groups in total. The van der Waals surface area contributed by atoms with Crippen LogP contribution in [0, 0.1) is 5.82 Å². The normalized spacial score (nSPS) is 12.7. The van der Waals surface area contributed by atoms with E-state index in [-0.39, 0.29) is 5.02 Å². The zero-order valence-electron chi connectivity index (χ0n) is 7.59. The molecular weight excluding hydrogens is 297 g/mol. The summed E-state index contributed by atoms with van der Waals surface area (Å²) in [5.74, 6) is -2.83. The first-order chi connectivity index (χ1) is 7.54. The van der Waals surface area contributed by atoms with Crippen LogP contribution in [-0.4, -0.2) is 12.3 Å². The minimum atomic E-state index is -5.97. The predicted octanol–water partition coefficient (Wildman–Crippen LogP) is 4.67. The van der Waals surface area contributed by atoms with Crippen LogP contribution < -0.4 is 4.74 Å². The van der Waals surface area contributed by atoms with Gasteiger partial charge in [-0.3, -0.25) is 0 Å². The van der Waals surface area contributed by atoms with E-state index in [0.717, 1.165) is 0 Å². The molecule has 1 aromatic rings. The monoisotopic (exact) mass is 298 g/mol. The molecule has 96 valence electrons. The topological polar surface area (TPSA) is 9.23 Å². The van der Waals surface area contributed by atoms with Gasteiger partial charge in [-0.05, 0) is 6.07 Å². The molecule has 0 saturated heterocycles. The van der Waals surface area contributed by atoms with Crippen molar-refractivity contribution in [2.75, 3.05) is 0 Å². The van der Waals surface area contributed by atoms with Crippen LogP contribution in [0.25, 0.3) is 0 Å². The summed E-state index contributed by atoms with van der Waals surface area (Å²) in [4.78, 5) is 0. The Bertz CT molecular complexity index is 431. The van der Waals surface area contributed by atoms with E-state index in [2.05, 4.69) is 4.74 Å². The fourth-order valence-corrected chi connectivity index (χ4v) is 1.08. The highest BCUT2D eigenvalue weighted by molar-refractivity contribution is 6.42. The molecule has 0 unspecified atom stereocenters. The lowest BCUT2D eigenvalue weighted by Crippen LogP contribution is -2.42. The average Bonchev–Trinajstić information content (AvgIpc) is 2.12. The van der Waals surface area contributed by atoms with E-state index in [9.17, 15) is 26.3 Å². The van der Waals surface area contributed by atoms with Crippen LogP contribution >= 0.6 is 23.2 Å². The molecule has 0 aliphatic carbocycles. The quantitative estimate of drug-likeness (QED) is 0.570. The molecular formula is C8H2Cl2F6O. The van der Waals surface area contributed by atoms with Crippen molar-refractivity contribution < 1.29 is 31.1 Å². The van der Waals surface area contributed by atoms with Crippen molar-refractivity contribution in [1.82, 2.24) is 0 Å². The lowest BCUT2D eigenvalue weighted by molar-refractivity contribution is -0.361. The van der Waals surface area contributed by atoms with Gasteiger partial charge in [-0.15, -0.1) is 0 Å². The van der Waals surface area contributed by atoms with Crippen molar-refractivity contribution in [3.05, 3.63) is 28.0 Å². The van der Waals surface area contributed by atoms with Gasteiger partial charge in [0, 0.05) is 6.07 Å². The third-order valence-electron chi connectivity index (χ3n) is 1.54. The Hall–Kier alpha value is -0.820. The van der Waals surface area contributed by atoms with Gasteiger partial charge in [0.1, 0.15) is 0 Å². The van der Waals surface area contributed by atoms with Crippen LogP contribution in [0.2, 0.25) is 10.0 Å². The van der Waals surface area contributed by atoms with Crippen molar-refractivity contribution in [3.63, 3.8) is 0 Å². The van der Waals surface area contributed by atoms with Gasteiger partial charge in [0.15, 0.2) is 11.6 Å². The van der Waals surface area contributed by atoms with E-state index in [4.69, 9.17) is 23.2 Å². The van der Waals surface area contributed by atoms with E-state index < -0.39 is 28.9 Å². The van der Waals surface area contributed by atoms with Crippen molar-refractivity contribution in [2.24, 2.45) is 0 Å². The second-order valence-corrected chi connectivity index (χ2v) is 3.63. The standard InChI is InChI=1S/C8H2Cl2F6O/c9-3-1-5(11)6(2-4(3)10)17-8(15,16)7(12,13)14/h1-2H. The maximum absolute atomic E-state index is 13.0. The van der Waals surface area contributed by atoms with Gasteiger partial charge in [0.2, 0.25) is 0 Å². The number of ether oxygens (including phenoxy) is 1. The van der Waals surface area contributed by atoms with E-state index >= 15 is 0 Å². The average molecular weight is 299 g/mol. The highest BCUT2D eigenvalue weighted by Crippen LogP contribution is 2.39. The second-order valence-electron chi connectivity index (χ2n) is 2.81. The molecule has 0 heterocycles. The maximum Gasteiger partial charge on any atom is 0.499 e.